The number of nitrogens with two attached hydrogens (primary N) is 1. The third-order valence-corrected chi connectivity index (χ3v) is 3.93. The maximum absolute atomic E-state index is 5.93. The monoisotopic (exact) mass is 272 g/mol. The van der Waals surface area contributed by atoms with E-state index in [4.69, 9.17) is 5.73 Å². The molecular formula is C14H20N6. The van der Waals surface area contributed by atoms with Crippen LogP contribution < -0.4 is 11.1 Å². The van der Waals surface area contributed by atoms with E-state index in [1.54, 1.807) is 0 Å². The van der Waals surface area contributed by atoms with Crippen LogP contribution in [0.1, 0.15) is 25.7 Å². The molecule has 0 atom stereocenters. The average Bonchev–Trinajstić information content (AvgIpc) is 3.01. The van der Waals surface area contributed by atoms with Gasteiger partial charge in [-0.25, -0.2) is 0 Å². The maximum atomic E-state index is 5.93. The van der Waals surface area contributed by atoms with Gasteiger partial charge in [0.1, 0.15) is 0 Å². The fourth-order valence-corrected chi connectivity index (χ4v) is 2.65. The number of anilines is 1. The molecule has 0 unspecified atom stereocenters. The highest BCUT2D eigenvalue weighted by atomic mass is 15.6. The molecule has 1 aromatic carbocycles. The van der Waals surface area contributed by atoms with Crippen molar-refractivity contribution in [3.05, 3.63) is 30.6 Å². The van der Waals surface area contributed by atoms with Gasteiger partial charge in [0.05, 0.1) is 5.69 Å². The lowest BCUT2D eigenvalue weighted by atomic mass is 9.86. The molecule has 3 rings (SSSR count). The summed E-state index contributed by atoms with van der Waals surface area (Å²) in [6.45, 7) is 1.02. The Labute approximate surface area is 118 Å². The summed E-state index contributed by atoms with van der Waals surface area (Å²) in [5.74, 6) is 0.742. The predicted molar refractivity (Wildman–Crippen MR) is 77.6 cm³/mol. The van der Waals surface area contributed by atoms with Gasteiger partial charge in [0.2, 0.25) is 0 Å². The molecule has 3 N–H and O–H groups in total. The van der Waals surface area contributed by atoms with Crippen LogP contribution in [0.3, 0.4) is 0 Å². The Balaban J connectivity index is 1.53. The first-order valence-electron chi connectivity index (χ1n) is 7.14. The smallest absolute Gasteiger partial charge is 0.162 e. The van der Waals surface area contributed by atoms with E-state index in [2.05, 4.69) is 20.7 Å². The van der Waals surface area contributed by atoms with Crippen LogP contribution in [0.2, 0.25) is 0 Å². The Morgan fingerprint density at radius 2 is 1.90 bits per heavy atom. The van der Waals surface area contributed by atoms with Crippen LogP contribution in [0.15, 0.2) is 30.6 Å². The van der Waals surface area contributed by atoms with Crippen LogP contribution in [0, 0.1) is 5.92 Å². The van der Waals surface area contributed by atoms with Crippen LogP contribution in [0.5, 0.6) is 0 Å². The van der Waals surface area contributed by atoms with Crippen molar-refractivity contribution in [3.63, 3.8) is 0 Å². The van der Waals surface area contributed by atoms with Crippen LogP contribution in [0.25, 0.3) is 5.69 Å². The SMILES string of the molecule is NC1CCC(CNc2ccc(-n3ncnn3)cc2)CC1. The van der Waals surface area contributed by atoms with Crippen molar-refractivity contribution in [3.8, 4) is 5.69 Å². The van der Waals surface area contributed by atoms with Crippen molar-refractivity contribution in [2.45, 2.75) is 31.7 Å². The lowest BCUT2D eigenvalue weighted by molar-refractivity contribution is 0.339. The van der Waals surface area contributed by atoms with Gasteiger partial charge in [-0.3, -0.25) is 0 Å². The summed E-state index contributed by atoms with van der Waals surface area (Å²) in [4.78, 5) is 1.51. The lowest BCUT2D eigenvalue weighted by Gasteiger charge is -2.26. The highest BCUT2D eigenvalue weighted by molar-refractivity contribution is 5.48. The third kappa shape index (κ3) is 3.14. The summed E-state index contributed by atoms with van der Waals surface area (Å²) in [6, 6.07) is 8.49. The molecule has 1 aliphatic rings. The molecule has 1 aliphatic carbocycles. The van der Waals surface area contributed by atoms with Crippen molar-refractivity contribution >= 4 is 5.69 Å². The Hall–Kier alpha value is -1.95. The number of hydrogen-bond donors (Lipinski definition) is 2. The highest BCUT2D eigenvalue weighted by Crippen LogP contribution is 2.23. The molecule has 0 saturated heterocycles. The molecule has 6 nitrogen and oxygen atoms in total. The minimum absolute atomic E-state index is 0.417. The summed E-state index contributed by atoms with van der Waals surface area (Å²) in [5, 5.41) is 15.1. The summed E-state index contributed by atoms with van der Waals surface area (Å²) in [5.41, 5.74) is 7.97. The minimum atomic E-state index is 0.417. The first kappa shape index (κ1) is 13.1. The number of nitrogens with zero attached hydrogens (tertiary/aromatic N) is 4. The summed E-state index contributed by atoms with van der Waals surface area (Å²) < 4.78 is 0. The maximum Gasteiger partial charge on any atom is 0.162 e. The highest BCUT2D eigenvalue weighted by Gasteiger charge is 2.17. The summed E-state index contributed by atoms with van der Waals surface area (Å²) in [7, 11) is 0. The van der Waals surface area contributed by atoms with E-state index >= 15 is 0 Å². The number of benzene rings is 1. The Kier molecular flexibility index (Phi) is 3.92. The zero-order valence-electron chi connectivity index (χ0n) is 11.4. The number of aromatic nitrogens is 4. The molecule has 1 fully saturated rings. The van der Waals surface area contributed by atoms with Gasteiger partial charge < -0.3 is 11.1 Å². The molecule has 20 heavy (non-hydrogen) atoms. The molecule has 1 heterocycles. The predicted octanol–water partition coefficient (Wildman–Crippen LogP) is 1.59. The van der Waals surface area contributed by atoms with Crippen molar-refractivity contribution in [2.24, 2.45) is 11.7 Å². The molecule has 1 aromatic heterocycles. The molecule has 106 valence electrons. The molecule has 1 saturated carbocycles. The Bertz CT molecular complexity index is 513. The fraction of sp³-hybridized carbons (Fsp3) is 0.500. The topological polar surface area (TPSA) is 81.6 Å². The van der Waals surface area contributed by atoms with Crippen molar-refractivity contribution in [2.75, 3.05) is 11.9 Å². The fourth-order valence-electron chi connectivity index (χ4n) is 2.65. The molecule has 6 heteroatoms. The lowest BCUT2D eigenvalue weighted by Crippen LogP contribution is -2.29. The standard InChI is InChI=1S/C14H20N6/c15-12-3-1-11(2-4-12)9-16-13-5-7-14(8-6-13)20-18-10-17-19-20/h5-8,10-12,16H,1-4,9,15H2. The number of rotatable bonds is 4. The van der Waals surface area contributed by atoms with E-state index < -0.39 is 0 Å². The van der Waals surface area contributed by atoms with Gasteiger partial charge in [-0.05, 0) is 61.1 Å². The minimum Gasteiger partial charge on any atom is -0.385 e. The van der Waals surface area contributed by atoms with Crippen LogP contribution in [0.4, 0.5) is 5.69 Å². The normalized spacial score (nSPS) is 22.6. The molecular weight excluding hydrogens is 252 g/mol. The van der Waals surface area contributed by atoms with E-state index in [9.17, 15) is 0 Å². The number of hydrogen-bond acceptors (Lipinski definition) is 5. The van der Waals surface area contributed by atoms with Crippen molar-refractivity contribution in [1.29, 1.82) is 0 Å². The third-order valence-electron chi connectivity index (χ3n) is 3.93. The molecule has 2 aromatic rings. The number of tetrazole rings is 1. The van der Waals surface area contributed by atoms with E-state index in [0.29, 0.717) is 6.04 Å². The molecule has 0 radical (unpaired) electrons. The second kappa shape index (κ2) is 6.00. The summed E-state index contributed by atoms with van der Waals surface area (Å²) >= 11 is 0. The van der Waals surface area contributed by atoms with Gasteiger partial charge in [-0.1, -0.05) is 0 Å². The van der Waals surface area contributed by atoms with E-state index in [1.807, 2.05) is 24.3 Å². The largest absolute Gasteiger partial charge is 0.385 e. The van der Waals surface area contributed by atoms with Gasteiger partial charge in [0, 0.05) is 18.3 Å². The zero-order chi connectivity index (χ0) is 13.8. The van der Waals surface area contributed by atoms with Crippen LogP contribution >= 0.6 is 0 Å². The van der Waals surface area contributed by atoms with Crippen molar-refractivity contribution < 1.29 is 0 Å². The molecule has 0 aliphatic heterocycles. The first-order valence-corrected chi connectivity index (χ1v) is 7.14. The zero-order valence-corrected chi connectivity index (χ0v) is 11.4. The number of nitrogens with one attached hydrogen (secondary N) is 1. The second-order valence-corrected chi connectivity index (χ2v) is 5.43. The van der Waals surface area contributed by atoms with Crippen molar-refractivity contribution in [1.82, 2.24) is 20.2 Å². The molecule has 0 spiro atoms. The van der Waals surface area contributed by atoms with Gasteiger partial charge in [-0.15, -0.1) is 15.0 Å². The molecule has 0 amide bonds. The summed E-state index contributed by atoms with van der Waals surface area (Å²) in [6.07, 6.45) is 6.21. The van der Waals surface area contributed by atoms with Gasteiger partial charge in [-0.2, -0.15) is 0 Å². The van der Waals surface area contributed by atoms with E-state index in [0.717, 1.165) is 36.7 Å². The molecule has 0 bridgehead atoms. The van der Waals surface area contributed by atoms with Gasteiger partial charge >= 0.3 is 0 Å². The van der Waals surface area contributed by atoms with Crippen LogP contribution in [-0.2, 0) is 0 Å². The van der Waals surface area contributed by atoms with Gasteiger partial charge in [0.25, 0.3) is 0 Å². The Morgan fingerprint density at radius 3 is 2.55 bits per heavy atom. The quantitative estimate of drug-likeness (QED) is 0.883. The van der Waals surface area contributed by atoms with E-state index in [-0.39, 0.29) is 0 Å². The average molecular weight is 272 g/mol. The van der Waals surface area contributed by atoms with Gasteiger partial charge in [0.15, 0.2) is 6.33 Å². The second-order valence-electron chi connectivity index (χ2n) is 5.43. The Morgan fingerprint density at radius 1 is 1.15 bits per heavy atom. The first-order chi connectivity index (χ1) is 9.81. The van der Waals surface area contributed by atoms with Crippen LogP contribution in [-0.4, -0.2) is 32.8 Å². The van der Waals surface area contributed by atoms with E-state index in [1.165, 1.54) is 24.0 Å².